The van der Waals surface area contributed by atoms with Crippen molar-refractivity contribution in [2.75, 3.05) is 37.4 Å². The Morgan fingerprint density at radius 2 is 1.85 bits per heavy atom. The molecule has 174 valence electrons. The number of morpholine rings is 1. The molecule has 2 aromatic carbocycles. The number of benzene rings is 2. The van der Waals surface area contributed by atoms with E-state index in [4.69, 9.17) is 4.74 Å². The van der Waals surface area contributed by atoms with E-state index in [-0.39, 0.29) is 16.6 Å². The number of rotatable bonds is 8. The minimum Gasteiger partial charge on any atom is -0.379 e. The van der Waals surface area contributed by atoms with Crippen LogP contribution in [0.25, 0.3) is 11.4 Å². The fourth-order valence-electron chi connectivity index (χ4n) is 3.48. The molecule has 1 N–H and O–H groups in total. The van der Waals surface area contributed by atoms with E-state index in [0.29, 0.717) is 43.7 Å². The summed E-state index contributed by atoms with van der Waals surface area (Å²) in [7, 11) is -3.63. The number of aromatic nitrogens is 3. The molecule has 1 aromatic heterocycles. The van der Waals surface area contributed by atoms with E-state index in [2.05, 4.69) is 15.5 Å². The van der Waals surface area contributed by atoms with Crippen LogP contribution in [-0.4, -0.2) is 65.5 Å². The molecule has 11 heteroatoms. The van der Waals surface area contributed by atoms with Crippen molar-refractivity contribution in [2.24, 2.45) is 0 Å². The number of sulfonamides is 1. The predicted octanol–water partition coefficient (Wildman–Crippen LogP) is 2.72. The first-order valence-corrected chi connectivity index (χ1v) is 13.0. The van der Waals surface area contributed by atoms with Gasteiger partial charge in [0.25, 0.3) is 0 Å². The third kappa shape index (κ3) is 5.44. The van der Waals surface area contributed by atoms with Crippen LogP contribution in [0.4, 0.5) is 5.69 Å². The maximum Gasteiger partial charge on any atom is 0.243 e. The first kappa shape index (κ1) is 23.4. The topological polar surface area (TPSA) is 106 Å². The van der Waals surface area contributed by atoms with Gasteiger partial charge in [0.05, 0.1) is 23.9 Å². The number of ether oxygens (including phenoxy) is 1. The molecule has 0 aliphatic carbocycles. The molecular weight excluding hydrogens is 462 g/mol. The lowest BCUT2D eigenvalue weighted by atomic mass is 10.2. The maximum absolute atomic E-state index is 12.9. The number of carbonyl (C=O) groups is 1. The second-order valence-corrected chi connectivity index (χ2v) is 10.2. The fraction of sp³-hybridized carbons (Fsp3) is 0.318. The van der Waals surface area contributed by atoms with Crippen LogP contribution in [0.1, 0.15) is 6.92 Å². The summed E-state index contributed by atoms with van der Waals surface area (Å²) in [6.45, 7) is 4.06. The fourth-order valence-corrected chi connectivity index (χ4v) is 5.74. The van der Waals surface area contributed by atoms with Crippen molar-refractivity contribution in [3.05, 3.63) is 54.6 Å². The number of anilines is 1. The summed E-state index contributed by atoms with van der Waals surface area (Å²) in [5.41, 5.74) is 1.39. The van der Waals surface area contributed by atoms with E-state index in [9.17, 15) is 13.2 Å². The van der Waals surface area contributed by atoms with Crippen molar-refractivity contribution < 1.29 is 17.9 Å². The molecule has 1 aliphatic heterocycles. The highest BCUT2D eigenvalue weighted by Gasteiger charge is 2.26. The van der Waals surface area contributed by atoms with E-state index in [1.807, 2.05) is 41.8 Å². The van der Waals surface area contributed by atoms with Crippen LogP contribution in [0, 0.1) is 0 Å². The van der Waals surface area contributed by atoms with Crippen LogP contribution in [0.2, 0.25) is 0 Å². The zero-order valence-electron chi connectivity index (χ0n) is 18.2. The average Bonchev–Trinajstić information content (AvgIpc) is 3.27. The quantitative estimate of drug-likeness (QED) is 0.487. The highest BCUT2D eigenvalue weighted by atomic mass is 32.2. The van der Waals surface area contributed by atoms with Gasteiger partial charge < -0.3 is 14.6 Å². The highest BCUT2D eigenvalue weighted by molar-refractivity contribution is 7.99. The van der Waals surface area contributed by atoms with Crippen LogP contribution in [0.5, 0.6) is 0 Å². The monoisotopic (exact) mass is 487 g/mol. The third-order valence-electron chi connectivity index (χ3n) is 5.12. The van der Waals surface area contributed by atoms with E-state index >= 15 is 0 Å². The lowest BCUT2D eigenvalue weighted by Gasteiger charge is -2.26. The molecule has 9 nitrogen and oxygen atoms in total. The number of amides is 1. The molecule has 4 rings (SSSR count). The van der Waals surface area contributed by atoms with E-state index in [1.54, 1.807) is 12.1 Å². The summed E-state index contributed by atoms with van der Waals surface area (Å²) in [6.07, 6.45) is 0. The van der Waals surface area contributed by atoms with Crippen molar-refractivity contribution in [1.29, 1.82) is 0 Å². The number of carbonyl (C=O) groups excluding carboxylic acids is 1. The summed E-state index contributed by atoms with van der Waals surface area (Å²) in [5.74, 6) is 0.614. The maximum atomic E-state index is 12.9. The summed E-state index contributed by atoms with van der Waals surface area (Å²) in [6, 6.07) is 16.1. The third-order valence-corrected chi connectivity index (χ3v) is 7.98. The Hall–Kier alpha value is -2.73. The zero-order valence-corrected chi connectivity index (χ0v) is 19.8. The van der Waals surface area contributed by atoms with Crippen LogP contribution in [0.3, 0.4) is 0 Å². The number of hydrogen-bond acceptors (Lipinski definition) is 7. The van der Waals surface area contributed by atoms with Gasteiger partial charge in [-0.3, -0.25) is 4.79 Å². The van der Waals surface area contributed by atoms with Gasteiger partial charge in [-0.2, -0.15) is 4.31 Å². The smallest absolute Gasteiger partial charge is 0.243 e. The molecule has 1 aliphatic rings. The van der Waals surface area contributed by atoms with Crippen LogP contribution in [-0.2, 0) is 26.1 Å². The SMILES string of the molecule is CCn1c(SCC(=O)Nc2cccc(S(=O)(=O)N3CCOCC3)c2)nnc1-c1ccccc1. The molecule has 1 amide bonds. The normalized spacial score (nSPS) is 14.8. The number of hydrogen-bond donors (Lipinski definition) is 1. The minimum atomic E-state index is -3.63. The molecule has 0 radical (unpaired) electrons. The van der Waals surface area contributed by atoms with Gasteiger partial charge in [0.15, 0.2) is 11.0 Å². The highest BCUT2D eigenvalue weighted by Crippen LogP contribution is 2.25. The molecule has 33 heavy (non-hydrogen) atoms. The van der Waals surface area contributed by atoms with E-state index in [1.165, 1.54) is 28.2 Å². The van der Waals surface area contributed by atoms with Gasteiger partial charge in [-0.25, -0.2) is 8.42 Å². The first-order valence-electron chi connectivity index (χ1n) is 10.6. The second kappa shape index (κ2) is 10.5. The molecule has 0 unspecified atom stereocenters. The molecule has 0 atom stereocenters. The van der Waals surface area contributed by atoms with Gasteiger partial charge in [0, 0.05) is 30.9 Å². The van der Waals surface area contributed by atoms with Gasteiger partial charge in [0.1, 0.15) is 0 Å². The Balaban J connectivity index is 1.41. The van der Waals surface area contributed by atoms with Gasteiger partial charge in [-0.15, -0.1) is 10.2 Å². The Kier molecular flexibility index (Phi) is 7.43. The zero-order chi connectivity index (χ0) is 23.3. The lowest BCUT2D eigenvalue weighted by molar-refractivity contribution is -0.113. The largest absolute Gasteiger partial charge is 0.379 e. The second-order valence-electron chi connectivity index (χ2n) is 7.30. The number of thioether (sulfide) groups is 1. The minimum absolute atomic E-state index is 0.118. The molecule has 0 bridgehead atoms. The summed E-state index contributed by atoms with van der Waals surface area (Å²) in [5, 5.41) is 12.0. The molecule has 3 aromatic rings. The molecule has 1 fully saturated rings. The predicted molar refractivity (Wildman–Crippen MR) is 127 cm³/mol. The summed E-state index contributed by atoms with van der Waals surface area (Å²) in [4.78, 5) is 12.7. The number of nitrogens with zero attached hydrogens (tertiary/aromatic N) is 4. The van der Waals surface area contributed by atoms with E-state index < -0.39 is 10.0 Å². The van der Waals surface area contributed by atoms with Crippen molar-refractivity contribution in [3.63, 3.8) is 0 Å². The van der Waals surface area contributed by atoms with Crippen LogP contribution >= 0.6 is 11.8 Å². The Morgan fingerprint density at radius 1 is 1.09 bits per heavy atom. The van der Waals surface area contributed by atoms with Gasteiger partial charge in [-0.05, 0) is 25.1 Å². The van der Waals surface area contributed by atoms with Crippen LogP contribution in [0.15, 0.2) is 64.6 Å². The Morgan fingerprint density at radius 3 is 2.58 bits per heavy atom. The first-order chi connectivity index (χ1) is 16.0. The average molecular weight is 488 g/mol. The lowest BCUT2D eigenvalue weighted by Crippen LogP contribution is -2.40. The summed E-state index contributed by atoms with van der Waals surface area (Å²) >= 11 is 1.28. The standard InChI is InChI=1S/C22H25N5O4S2/c1-2-27-21(17-7-4-3-5-8-17)24-25-22(27)32-16-20(28)23-18-9-6-10-19(15-18)33(29,30)26-11-13-31-14-12-26/h3-10,15H,2,11-14,16H2,1H3,(H,23,28). The van der Waals surface area contributed by atoms with Crippen molar-refractivity contribution in [1.82, 2.24) is 19.1 Å². The molecule has 0 saturated carbocycles. The number of nitrogens with one attached hydrogen (secondary N) is 1. The molecule has 2 heterocycles. The molecule has 1 saturated heterocycles. The van der Waals surface area contributed by atoms with E-state index in [0.717, 1.165) is 11.4 Å². The Labute approximate surface area is 197 Å². The van der Waals surface area contributed by atoms with Crippen LogP contribution < -0.4 is 5.32 Å². The van der Waals surface area contributed by atoms with Gasteiger partial charge in [0.2, 0.25) is 15.9 Å². The van der Waals surface area contributed by atoms with Crippen molar-refractivity contribution in [3.8, 4) is 11.4 Å². The summed E-state index contributed by atoms with van der Waals surface area (Å²) < 4.78 is 34.3. The Bertz CT molecular complexity index is 1210. The molecule has 0 spiro atoms. The van der Waals surface area contributed by atoms with Crippen molar-refractivity contribution >= 4 is 33.4 Å². The van der Waals surface area contributed by atoms with Gasteiger partial charge >= 0.3 is 0 Å². The van der Waals surface area contributed by atoms with Crippen molar-refractivity contribution in [2.45, 2.75) is 23.5 Å². The van der Waals surface area contributed by atoms with Gasteiger partial charge in [-0.1, -0.05) is 48.2 Å². The molecular formula is C22H25N5O4S2.